The van der Waals surface area contributed by atoms with Crippen LogP contribution in [0, 0.1) is 17.8 Å². The summed E-state index contributed by atoms with van der Waals surface area (Å²) in [5.74, 6) is 2.88. The van der Waals surface area contributed by atoms with Crippen molar-refractivity contribution in [2.75, 3.05) is 11.9 Å². The molecule has 0 spiro atoms. The zero-order valence-corrected chi connectivity index (χ0v) is 15.9. The molecule has 0 aromatic heterocycles. The predicted molar refractivity (Wildman–Crippen MR) is 109 cm³/mol. The van der Waals surface area contributed by atoms with E-state index in [2.05, 4.69) is 60.0 Å². The van der Waals surface area contributed by atoms with Crippen LogP contribution in [0.25, 0.3) is 0 Å². The number of anilines is 1. The summed E-state index contributed by atoms with van der Waals surface area (Å²) >= 11 is 0. The maximum Gasteiger partial charge on any atom is 0.251 e. The van der Waals surface area contributed by atoms with E-state index in [-0.39, 0.29) is 5.91 Å². The Balaban J connectivity index is 1.53. The lowest BCUT2D eigenvalue weighted by Crippen LogP contribution is -2.35. The Labute approximate surface area is 161 Å². The first-order valence-electron chi connectivity index (χ1n) is 10.5. The van der Waals surface area contributed by atoms with Gasteiger partial charge in [0.25, 0.3) is 5.91 Å². The fourth-order valence-corrected chi connectivity index (χ4v) is 5.96. The topological polar surface area (TPSA) is 41.1 Å². The maximum atomic E-state index is 12.5. The van der Waals surface area contributed by atoms with E-state index in [1.807, 2.05) is 6.07 Å². The van der Waals surface area contributed by atoms with Gasteiger partial charge in [0.2, 0.25) is 0 Å². The van der Waals surface area contributed by atoms with Gasteiger partial charge in [0.1, 0.15) is 0 Å². The zero-order valence-electron chi connectivity index (χ0n) is 15.9. The molecule has 140 valence electrons. The summed E-state index contributed by atoms with van der Waals surface area (Å²) in [7, 11) is 0. The van der Waals surface area contributed by atoms with Crippen molar-refractivity contribution in [3.63, 3.8) is 0 Å². The summed E-state index contributed by atoms with van der Waals surface area (Å²) in [6, 6.07) is 17.6. The van der Waals surface area contributed by atoms with Gasteiger partial charge in [-0.3, -0.25) is 4.79 Å². The van der Waals surface area contributed by atoms with Crippen molar-refractivity contribution in [2.24, 2.45) is 17.8 Å². The second-order valence-electron chi connectivity index (χ2n) is 8.53. The molecule has 2 aliphatic carbocycles. The minimum Gasteiger partial charge on any atom is -0.378 e. The van der Waals surface area contributed by atoms with Gasteiger partial charge >= 0.3 is 0 Å². The first-order valence-corrected chi connectivity index (χ1v) is 10.5. The van der Waals surface area contributed by atoms with Crippen LogP contribution < -0.4 is 10.6 Å². The van der Waals surface area contributed by atoms with Crippen molar-refractivity contribution in [1.82, 2.24) is 5.32 Å². The number of nitrogens with one attached hydrogen (secondary N) is 2. The molecule has 2 aromatic rings. The van der Waals surface area contributed by atoms with E-state index in [0.717, 1.165) is 30.4 Å². The standard InChI is InChI=1S/C24H28N2O/c1-2-12-25-24(27)18-10-11-20-19(14-18)21-16-8-9-17(13-16)22(21)23(26-20)15-6-4-3-5-7-15/h3-7,10-11,14,16-17,21-23,26H,2,8-9,12-13H2,1H3,(H,25,27)/t16-,17-,21-,22+,23+/m0/s1. The molecule has 0 saturated heterocycles. The molecule has 5 rings (SSSR count). The van der Waals surface area contributed by atoms with Gasteiger partial charge in [0, 0.05) is 17.8 Å². The van der Waals surface area contributed by atoms with Gasteiger partial charge in [-0.1, -0.05) is 37.3 Å². The molecule has 27 heavy (non-hydrogen) atoms. The monoisotopic (exact) mass is 360 g/mol. The number of benzene rings is 2. The van der Waals surface area contributed by atoms with Crippen LogP contribution in [0.1, 0.15) is 66.1 Å². The third-order valence-corrected chi connectivity index (χ3v) is 7.04. The van der Waals surface area contributed by atoms with Crippen LogP contribution in [-0.4, -0.2) is 12.5 Å². The minimum atomic E-state index is 0.0598. The summed E-state index contributed by atoms with van der Waals surface area (Å²) in [5.41, 5.74) is 4.81. The van der Waals surface area contributed by atoms with E-state index in [1.54, 1.807) is 0 Å². The normalized spacial score (nSPS) is 30.3. The highest BCUT2D eigenvalue weighted by Crippen LogP contribution is 2.63. The molecule has 2 fully saturated rings. The van der Waals surface area contributed by atoms with Crippen LogP contribution in [0.5, 0.6) is 0 Å². The molecule has 3 aliphatic rings. The molecule has 0 radical (unpaired) electrons. The Morgan fingerprint density at radius 1 is 1.11 bits per heavy atom. The summed E-state index contributed by atoms with van der Waals surface area (Å²) in [6.45, 7) is 2.82. The quantitative estimate of drug-likeness (QED) is 0.794. The second-order valence-corrected chi connectivity index (χ2v) is 8.53. The van der Waals surface area contributed by atoms with Crippen molar-refractivity contribution in [1.29, 1.82) is 0 Å². The zero-order chi connectivity index (χ0) is 18.4. The number of carbonyl (C=O) groups is 1. The van der Waals surface area contributed by atoms with Crippen molar-refractivity contribution in [3.8, 4) is 0 Å². The Morgan fingerprint density at radius 2 is 1.93 bits per heavy atom. The lowest BCUT2D eigenvalue weighted by Gasteiger charge is -2.43. The van der Waals surface area contributed by atoms with Crippen molar-refractivity contribution >= 4 is 11.6 Å². The summed E-state index contributed by atoms with van der Waals surface area (Å²) in [4.78, 5) is 12.5. The molecule has 3 nitrogen and oxygen atoms in total. The minimum absolute atomic E-state index is 0.0598. The van der Waals surface area contributed by atoms with Crippen LogP contribution in [0.3, 0.4) is 0 Å². The Hall–Kier alpha value is -2.29. The van der Waals surface area contributed by atoms with E-state index in [0.29, 0.717) is 17.9 Å². The third kappa shape index (κ3) is 2.75. The second kappa shape index (κ2) is 6.70. The SMILES string of the molecule is CCCNC(=O)c1ccc2c(c1)[C@@H]1[C@H]3CC[C@@H](C3)[C@H]1[C@@H](c1ccccc1)N2. The Bertz CT molecular complexity index is 847. The van der Waals surface area contributed by atoms with Gasteiger partial charge in [0.15, 0.2) is 0 Å². The van der Waals surface area contributed by atoms with E-state index >= 15 is 0 Å². The summed E-state index contributed by atoms with van der Waals surface area (Å²) in [6.07, 6.45) is 5.03. The number of hydrogen-bond acceptors (Lipinski definition) is 2. The smallest absolute Gasteiger partial charge is 0.251 e. The average molecular weight is 361 g/mol. The van der Waals surface area contributed by atoms with Crippen LogP contribution in [0.4, 0.5) is 5.69 Å². The number of carbonyl (C=O) groups excluding carboxylic acids is 1. The third-order valence-electron chi connectivity index (χ3n) is 7.04. The maximum absolute atomic E-state index is 12.5. The van der Waals surface area contributed by atoms with E-state index in [9.17, 15) is 4.79 Å². The predicted octanol–water partition coefficient (Wildman–Crippen LogP) is 5.12. The number of rotatable bonds is 4. The van der Waals surface area contributed by atoms with Crippen LogP contribution in [0.2, 0.25) is 0 Å². The summed E-state index contributed by atoms with van der Waals surface area (Å²) in [5, 5.41) is 6.87. The van der Waals surface area contributed by atoms with Crippen molar-refractivity contribution in [2.45, 2.75) is 44.6 Å². The van der Waals surface area contributed by atoms with Crippen LogP contribution >= 0.6 is 0 Å². The summed E-state index contributed by atoms with van der Waals surface area (Å²) < 4.78 is 0. The van der Waals surface area contributed by atoms with Crippen LogP contribution in [0.15, 0.2) is 48.5 Å². The van der Waals surface area contributed by atoms with Crippen molar-refractivity contribution < 1.29 is 4.79 Å². The largest absolute Gasteiger partial charge is 0.378 e. The first kappa shape index (κ1) is 16.9. The van der Waals surface area contributed by atoms with E-state index in [1.165, 1.54) is 36.1 Å². The number of hydrogen-bond donors (Lipinski definition) is 2. The fraction of sp³-hybridized carbons (Fsp3) is 0.458. The van der Waals surface area contributed by atoms with Crippen molar-refractivity contribution in [3.05, 3.63) is 65.2 Å². The molecule has 2 N–H and O–H groups in total. The fourth-order valence-electron chi connectivity index (χ4n) is 5.96. The Morgan fingerprint density at radius 3 is 2.74 bits per heavy atom. The average Bonchev–Trinajstić information content (AvgIpc) is 3.34. The molecular weight excluding hydrogens is 332 g/mol. The molecular formula is C24H28N2O. The van der Waals surface area contributed by atoms with Gasteiger partial charge in [0.05, 0.1) is 6.04 Å². The van der Waals surface area contributed by atoms with Gasteiger partial charge in [-0.05, 0) is 78.7 Å². The van der Waals surface area contributed by atoms with Crippen LogP contribution in [-0.2, 0) is 0 Å². The van der Waals surface area contributed by atoms with E-state index in [4.69, 9.17) is 0 Å². The highest BCUT2D eigenvalue weighted by atomic mass is 16.1. The van der Waals surface area contributed by atoms with Gasteiger partial charge < -0.3 is 10.6 Å². The highest BCUT2D eigenvalue weighted by Gasteiger charge is 2.53. The van der Waals surface area contributed by atoms with Gasteiger partial charge in [-0.2, -0.15) is 0 Å². The molecule has 2 saturated carbocycles. The lowest BCUT2D eigenvalue weighted by atomic mass is 9.68. The van der Waals surface area contributed by atoms with E-state index < -0.39 is 0 Å². The first-order chi connectivity index (χ1) is 13.3. The lowest BCUT2D eigenvalue weighted by molar-refractivity contribution is 0.0953. The molecule has 5 atom stereocenters. The molecule has 0 unspecified atom stereocenters. The van der Waals surface area contributed by atoms with Gasteiger partial charge in [-0.15, -0.1) is 0 Å². The molecule has 1 aliphatic heterocycles. The number of amides is 1. The highest BCUT2D eigenvalue weighted by molar-refractivity contribution is 5.95. The molecule has 2 bridgehead atoms. The molecule has 3 heteroatoms. The van der Waals surface area contributed by atoms with Gasteiger partial charge in [-0.25, -0.2) is 0 Å². The Kier molecular flexibility index (Phi) is 4.18. The number of fused-ring (bicyclic) bond motifs is 7. The molecule has 1 amide bonds. The molecule has 2 aromatic carbocycles. The molecule has 1 heterocycles.